The number of rotatable bonds is 8. The average molecular weight is 312 g/mol. The Balaban J connectivity index is 2.79. The summed E-state index contributed by atoms with van der Waals surface area (Å²) < 4.78 is 0. The van der Waals surface area contributed by atoms with E-state index >= 15 is 0 Å². The Labute approximate surface area is 132 Å². The first-order chi connectivity index (χ1) is 9.47. The van der Waals surface area contributed by atoms with Gasteiger partial charge >= 0.3 is 0 Å². The summed E-state index contributed by atoms with van der Waals surface area (Å²) in [4.78, 5) is 3.92. The highest BCUT2D eigenvalue weighted by atomic mass is 32.2. The van der Waals surface area contributed by atoms with Gasteiger partial charge in [0, 0.05) is 35.3 Å². The van der Waals surface area contributed by atoms with Crippen molar-refractivity contribution in [2.45, 2.75) is 31.7 Å². The summed E-state index contributed by atoms with van der Waals surface area (Å²) in [5, 5.41) is 3.46. The molecular weight excluding hydrogens is 286 g/mol. The number of thiocarbonyl (C=S) groups is 1. The molecule has 3 N–H and O–H groups in total. The van der Waals surface area contributed by atoms with Crippen LogP contribution in [0.5, 0.6) is 0 Å². The van der Waals surface area contributed by atoms with Crippen LogP contribution >= 0.6 is 24.0 Å². The number of likely N-dealkylation sites (N-methyl/N-ethyl adjacent to an activating group) is 1. The van der Waals surface area contributed by atoms with E-state index in [1.165, 1.54) is 0 Å². The number of thioether (sulfide) groups is 1. The first-order valence-electron chi connectivity index (χ1n) is 6.97. The van der Waals surface area contributed by atoms with Gasteiger partial charge in [0.25, 0.3) is 0 Å². The van der Waals surface area contributed by atoms with Gasteiger partial charge in [-0.3, -0.25) is 0 Å². The lowest BCUT2D eigenvalue weighted by Crippen LogP contribution is -2.31. The maximum Gasteiger partial charge on any atom is 0.107 e. The Hall–Kier alpha value is -0.780. The molecule has 0 aliphatic heterocycles. The third-order valence-electron chi connectivity index (χ3n) is 3.23. The Morgan fingerprint density at radius 2 is 2.15 bits per heavy atom. The molecule has 0 unspecified atom stereocenters. The zero-order valence-electron chi connectivity index (χ0n) is 12.8. The summed E-state index contributed by atoms with van der Waals surface area (Å²) in [5.74, 6) is 1.01. The zero-order chi connectivity index (χ0) is 15.1. The van der Waals surface area contributed by atoms with Gasteiger partial charge in [0.2, 0.25) is 0 Å². The molecule has 0 spiro atoms. The summed E-state index contributed by atoms with van der Waals surface area (Å²) >= 11 is 6.98. The highest BCUT2D eigenvalue weighted by Crippen LogP contribution is 2.28. The van der Waals surface area contributed by atoms with E-state index in [0.717, 1.165) is 35.0 Å². The van der Waals surface area contributed by atoms with E-state index < -0.39 is 0 Å². The molecule has 0 radical (unpaired) electrons. The minimum atomic E-state index is 0.460. The average Bonchev–Trinajstić information content (AvgIpc) is 2.38. The predicted octanol–water partition coefficient (Wildman–Crippen LogP) is 3.18. The maximum absolute atomic E-state index is 5.89. The molecule has 0 aliphatic rings. The van der Waals surface area contributed by atoms with Crippen molar-refractivity contribution in [3.63, 3.8) is 0 Å². The fourth-order valence-electron chi connectivity index (χ4n) is 1.83. The molecule has 0 amide bonds. The Bertz CT molecular complexity index is 447. The van der Waals surface area contributed by atoms with Crippen molar-refractivity contribution < 1.29 is 0 Å². The van der Waals surface area contributed by atoms with Crippen molar-refractivity contribution >= 4 is 34.7 Å². The SMILES string of the molecule is CCSc1cccc(NCCN(C)C(C)C)c1C(N)=S. The van der Waals surface area contributed by atoms with Crippen molar-refractivity contribution in [3.05, 3.63) is 23.8 Å². The van der Waals surface area contributed by atoms with Crippen LogP contribution in [-0.2, 0) is 0 Å². The Kier molecular flexibility index (Phi) is 7.34. The fraction of sp³-hybridized carbons (Fsp3) is 0.533. The molecule has 0 saturated carbocycles. The van der Waals surface area contributed by atoms with Crippen LogP contribution in [0.1, 0.15) is 26.3 Å². The molecule has 0 atom stereocenters. The van der Waals surface area contributed by atoms with Crippen molar-refractivity contribution in [1.29, 1.82) is 0 Å². The zero-order valence-corrected chi connectivity index (χ0v) is 14.4. The van der Waals surface area contributed by atoms with Gasteiger partial charge in [-0.2, -0.15) is 0 Å². The van der Waals surface area contributed by atoms with E-state index in [-0.39, 0.29) is 0 Å². The molecule has 20 heavy (non-hydrogen) atoms. The van der Waals surface area contributed by atoms with Gasteiger partial charge in [-0.1, -0.05) is 25.2 Å². The second kappa shape index (κ2) is 8.49. The lowest BCUT2D eigenvalue weighted by Gasteiger charge is -2.22. The Morgan fingerprint density at radius 3 is 2.70 bits per heavy atom. The molecule has 0 aromatic heterocycles. The van der Waals surface area contributed by atoms with Crippen LogP contribution in [0, 0.1) is 0 Å². The monoisotopic (exact) mass is 311 g/mol. The fourth-order valence-corrected chi connectivity index (χ4v) is 2.97. The lowest BCUT2D eigenvalue weighted by atomic mass is 10.1. The standard InChI is InChI=1S/C15H25N3S2/c1-5-20-13-8-6-7-12(14(13)15(16)19)17-9-10-18(4)11(2)3/h6-8,11,17H,5,9-10H2,1-4H3,(H2,16,19). The first kappa shape index (κ1) is 17.3. The molecule has 0 aliphatic carbocycles. The van der Waals surface area contributed by atoms with E-state index in [0.29, 0.717) is 11.0 Å². The predicted molar refractivity (Wildman–Crippen MR) is 95.0 cm³/mol. The van der Waals surface area contributed by atoms with E-state index in [2.05, 4.69) is 44.1 Å². The van der Waals surface area contributed by atoms with Crippen LogP contribution < -0.4 is 11.1 Å². The summed E-state index contributed by atoms with van der Waals surface area (Å²) in [6.07, 6.45) is 0. The lowest BCUT2D eigenvalue weighted by molar-refractivity contribution is 0.284. The van der Waals surface area contributed by atoms with E-state index in [1.807, 2.05) is 12.1 Å². The molecular formula is C15H25N3S2. The quantitative estimate of drug-likeness (QED) is 0.570. The smallest absolute Gasteiger partial charge is 0.107 e. The number of hydrogen-bond acceptors (Lipinski definition) is 4. The van der Waals surface area contributed by atoms with Crippen LogP contribution in [-0.4, -0.2) is 41.8 Å². The van der Waals surface area contributed by atoms with Crippen molar-refractivity contribution in [3.8, 4) is 0 Å². The first-order valence-corrected chi connectivity index (χ1v) is 8.36. The van der Waals surface area contributed by atoms with Crippen molar-refractivity contribution in [2.75, 3.05) is 31.2 Å². The highest BCUT2D eigenvalue weighted by molar-refractivity contribution is 7.99. The Morgan fingerprint density at radius 1 is 1.45 bits per heavy atom. The van der Waals surface area contributed by atoms with E-state index in [9.17, 15) is 0 Å². The minimum Gasteiger partial charge on any atom is -0.389 e. The summed E-state index contributed by atoms with van der Waals surface area (Å²) in [7, 11) is 2.13. The number of nitrogens with two attached hydrogens (primary N) is 1. The van der Waals surface area contributed by atoms with Gasteiger partial charge in [0.1, 0.15) is 4.99 Å². The van der Waals surface area contributed by atoms with E-state index in [4.69, 9.17) is 18.0 Å². The van der Waals surface area contributed by atoms with Crippen LogP contribution in [0.25, 0.3) is 0 Å². The van der Waals surface area contributed by atoms with Gasteiger partial charge in [-0.15, -0.1) is 11.8 Å². The van der Waals surface area contributed by atoms with Gasteiger partial charge < -0.3 is 16.0 Å². The highest BCUT2D eigenvalue weighted by Gasteiger charge is 2.11. The molecule has 1 rings (SSSR count). The third kappa shape index (κ3) is 4.96. The molecule has 5 heteroatoms. The number of benzene rings is 1. The second-order valence-corrected chi connectivity index (χ2v) is 6.72. The van der Waals surface area contributed by atoms with Gasteiger partial charge in [-0.25, -0.2) is 0 Å². The second-order valence-electron chi connectivity index (χ2n) is 4.98. The molecule has 3 nitrogen and oxygen atoms in total. The van der Waals surface area contributed by atoms with Crippen LogP contribution in [0.2, 0.25) is 0 Å². The van der Waals surface area contributed by atoms with Gasteiger partial charge in [-0.05, 0) is 38.8 Å². The number of nitrogens with zero attached hydrogens (tertiary/aromatic N) is 1. The molecule has 112 valence electrons. The normalized spacial score (nSPS) is 11.1. The summed E-state index contributed by atoms with van der Waals surface area (Å²) in [6.45, 7) is 8.38. The molecule has 0 heterocycles. The van der Waals surface area contributed by atoms with Gasteiger partial charge in [0.15, 0.2) is 0 Å². The third-order valence-corrected chi connectivity index (χ3v) is 4.38. The molecule has 0 fully saturated rings. The van der Waals surface area contributed by atoms with Crippen molar-refractivity contribution in [2.24, 2.45) is 5.73 Å². The number of anilines is 1. The number of nitrogens with one attached hydrogen (secondary N) is 1. The van der Waals surface area contributed by atoms with Crippen molar-refractivity contribution in [1.82, 2.24) is 4.90 Å². The largest absolute Gasteiger partial charge is 0.389 e. The minimum absolute atomic E-state index is 0.460. The summed E-state index contributed by atoms with van der Waals surface area (Å²) in [6, 6.07) is 6.72. The van der Waals surface area contributed by atoms with E-state index in [1.54, 1.807) is 11.8 Å². The van der Waals surface area contributed by atoms with Crippen LogP contribution in [0.15, 0.2) is 23.1 Å². The van der Waals surface area contributed by atoms with Crippen LogP contribution in [0.4, 0.5) is 5.69 Å². The number of hydrogen-bond donors (Lipinski definition) is 2. The molecule has 1 aromatic carbocycles. The molecule has 0 bridgehead atoms. The molecule has 0 saturated heterocycles. The molecule has 1 aromatic rings. The maximum atomic E-state index is 5.89. The van der Waals surface area contributed by atoms with Gasteiger partial charge in [0.05, 0.1) is 0 Å². The topological polar surface area (TPSA) is 41.3 Å². The van der Waals surface area contributed by atoms with Crippen LogP contribution in [0.3, 0.4) is 0 Å². The summed E-state index contributed by atoms with van der Waals surface area (Å²) in [5.41, 5.74) is 7.90.